The number of aryl methyl sites for hydroxylation is 1. The Morgan fingerprint density at radius 2 is 1.92 bits per heavy atom. The summed E-state index contributed by atoms with van der Waals surface area (Å²) in [5, 5.41) is 12.3. The quantitative estimate of drug-likeness (QED) is 0.399. The number of ether oxygens (including phenoxy) is 1. The number of halogens is 1. The van der Waals surface area contributed by atoms with Crippen molar-refractivity contribution in [3.05, 3.63) is 77.8 Å². The summed E-state index contributed by atoms with van der Waals surface area (Å²) in [6.45, 7) is 7.33. The van der Waals surface area contributed by atoms with Gasteiger partial charge in [-0.3, -0.25) is 5.01 Å². The minimum atomic E-state index is -0.337. The van der Waals surface area contributed by atoms with Gasteiger partial charge < -0.3 is 18.7 Å². The van der Waals surface area contributed by atoms with E-state index in [0.717, 1.165) is 72.9 Å². The summed E-state index contributed by atoms with van der Waals surface area (Å²) in [6, 6.07) is 11.2. The molecule has 3 aliphatic rings. The number of hydrogen-bond acceptors (Lipinski definition) is 7. The van der Waals surface area contributed by atoms with Crippen molar-refractivity contribution in [3.8, 4) is 5.69 Å². The van der Waals surface area contributed by atoms with E-state index in [-0.39, 0.29) is 22.7 Å². The average molecular weight is 515 g/mol. The molecule has 2 atom stereocenters. The summed E-state index contributed by atoms with van der Waals surface area (Å²) < 4.78 is 27.3. The molecule has 5 heterocycles. The van der Waals surface area contributed by atoms with Gasteiger partial charge in [-0.1, -0.05) is 23.4 Å². The number of imidazole rings is 1. The highest BCUT2D eigenvalue weighted by Gasteiger charge is 2.54. The lowest BCUT2D eigenvalue weighted by Crippen LogP contribution is -2.67. The van der Waals surface area contributed by atoms with Gasteiger partial charge in [0.15, 0.2) is 5.58 Å². The number of nitrogens with zero attached hydrogens (tertiary/aromatic N) is 6. The highest BCUT2D eigenvalue weighted by molar-refractivity contribution is 5.90. The number of aromatic nitrogens is 3. The Kier molecular flexibility index (Phi) is 5.17. The fraction of sp³-hybridized carbons (Fsp3) is 0.414. The maximum atomic E-state index is 13.8. The lowest BCUT2D eigenvalue weighted by atomic mass is 9.69. The van der Waals surface area contributed by atoms with Crippen LogP contribution in [0.15, 0.2) is 64.7 Å². The van der Waals surface area contributed by atoms with Gasteiger partial charge in [-0.05, 0) is 56.0 Å². The zero-order chi connectivity index (χ0) is 26.1. The fourth-order valence-electron chi connectivity index (χ4n) is 6.64. The minimum Gasteiger partial charge on any atom is -0.380 e. The van der Waals surface area contributed by atoms with Gasteiger partial charge >= 0.3 is 0 Å². The summed E-state index contributed by atoms with van der Waals surface area (Å²) in [5.74, 6) is 1.06. The van der Waals surface area contributed by atoms with Crippen LogP contribution >= 0.6 is 0 Å². The van der Waals surface area contributed by atoms with Crippen molar-refractivity contribution >= 4 is 16.8 Å². The maximum absolute atomic E-state index is 13.8. The first kappa shape index (κ1) is 23.4. The highest BCUT2D eigenvalue weighted by Crippen LogP contribution is 2.47. The van der Waals surface area contributed by atoms with E-state index in [1.54, 1.807) is 18.5 Å². The fourth-order valence-corrected chi connectivity index (χ4v) is 6.64. The molecule has 196 valence electrons. The van der Waals surface area contributed by atoms with Crippen LogP contribution in [0.1, 0.15) is 30.2 Å². The summed E-state index contributed by atoms with van der Waals surface area (Å²) in [7, 11) is 2.03. The Morgan fingerprint density at radius 1 is 1.11 bits per heavy atom. The first-order chi connectivity index (χ1) is 18.3. The average Bonchev–Trinajstić information content (AvgIpc) is 3.54. The lowest BCUT2D eigenvalue weighted by Gasteiger charge is -2.59. The Bertz CT molecular complexity index is 1540. The molecule has 2 fully saturated rings. The van der Waals surface area contributed by atoms with Crippen LogP contribution in [0.2, 0.25) is 0 Å². The Hall–Kier alpha value is -3.72. The smallest absolute Gasteiger partial charge is 0.191 e. The van der Waals surface area contributed by atoms with Crippen LogP contribution in [0.4, 0.5) is 4.39 Å². The van der Waals surface area contributed by atoms with Crippen molar-refractivity contribution in [1.29, 1.82) is 0 Å². The number of fused-ring (bicyclic) bond motifs is 2. The second-order valence-corrected chi connectivity index (χ2v) is 11.5. The van der Waals surface area contributed by atoms with Crippen LogP contribution in [0.25, 0.3) is 16.7 Å². The Balaban J connectivity index is 1.28. The van der Waals surface area contributed by atoms with Crippen molar-refractivity contribution in [2.45, 2.75) is 32.2 Å². The van der Waals surface area contributed by atoms with Gasteiger partial charge in [-0.25, -0.2) is 9.37 Å². The molecule has 8 nitrogen and oxygen atoms in total. The van der Waals surface area contributed by atoms with Crippen LogP contribution in [-0.4, -0.2) is 63.8 Å². The molecule has 2 aromatic carbocycles. The summed E-state index contributed by atoms with van der Waals surface area (Å²) in [6.07, 6.45) is 7.42. The van der Waals surface area contributed by atoms with Crippen LogP contribution in [-0.2, 0) is 16.7 Å². The third kappa shape index (κ3) is 3.63. The molecule has 0 aliphatic carbocycles. The minimum absolute atomic E-state index is 0.0862. The number of likely N-dealkylation sites (N-methyl/N-ethyl adjacent to an activating group) is 1. The molecule has 0 amide bonds. The molecule has 0 N–H and O–H groups in total. The number of hydrazone groups is 1. The van der Waals surface area contributed by atoms with Crippen molar-refractivity contribution in [2.24, 2.45) is 16.4 Å². The van der Waals surface area contributed by atoms with E-state index in [2.05, 4.69) is 34.1 Å². The topological polar surface area (TPSA) is 71.9 Å². The monoisotopic (exact) mass is 514 g/mol. The van der Waals surface area contributed by atoms with E-state index in [9.17, 15) is 4.39 Å². The van der Waals surface area contributed by atoms with E-state index in [4.69, 9.17) is 14.4 Å². The first-order valence-electron chi connectivity index (χ1n) is 13.1. The summed E-state index contributed by atoms with van der Waals surface area (Å²) in [5.41, 5.74) is 4.65. The molecule has 7 rings (SSSR count). The molecule has 2 aromatic heterocycles. The summed E-state index contributed by atoms with van der Waals surface area (Å²) >= 11 is 0. The molecule has 0 saturated carbocycles. The number of rotatable bonds is 4. The molecule has 38 heavy (non-hydrogen) atoms. The predicted molar refractivity (Wildman–Crippen MR) is 141 cm³/mol. The highest BCUT2D eigenvalue weighted by atomic mass is 19.1. The SMILES string of the molecule is Cc1cn(-c2ccc(CC3CC4(COC4)CN4C3=NN(C)CC4(C)c3ccc(F)cc3)c3cnoc23)cn1. The van der Waals surface area contributed by atoms with Crippen LogP contribution in [0.5, 0.6) is 0 Å². The molecular formula is C29H31FN6O2. The van der Waals surface area contributed by atoms with Gasteiger partial charge in [0.2, 0.25) is 0 Å². The second-order valence-electron chi connectivity index (χ2n) is 11.5. The van der Waals surface area contributed by atoms with Gasteiger partial charge in [0.1, 0.15) is 11.7 Å². The van der Waals surface area contributed by atoms with E-state index in [1.807, 2.05) is 48.1 Å². The van der Waals surface area contributed by atoms with Crippen LogP contribution in [0, 0.1) is 24.1 Å². The largest absolute Gasteiger partial charge is 0.380 e. The lowest BCUT2D eigenvalue weighted by molar-refractivity contribution is -0.149. The molecular weight excluding hydrogens is 483 g/mol. The molecule has 0 radical (unpaired) electrons. The zero-order valence-electron chi connectivity index (χ0n) is 21.9. The van der Waals surface area contributed by atoms with Gasteiger partial charge in [0.05, 0.1) is 49.2 Å². The number of hydrogen-bond donors (Lipinski definition) is 0. The molecule has 3 aliphatic heterocycles. The third-order valence-corrected chi connectivity index (χ3v) is 8.55. The zero-order valence-corrected chi connectivity index (χ0v) is 21.9. The molecule has 2 unspecified atom stereocenters. The van der Waals surface area contributed by atoms with E-state index < -0.39 is 0 Å². The van der Waals surface area contributed by atoms with Gasteiger partial charge in [0, 0.05) is 36.5 Å². The molecule has 0 bridgehead atoms. The molecule has 9 heteroatoms. The van der Waals surface area contributed by atoms with Crippen molar-refractivity contribution < 1.29 is 13.7 Å². The molecule has 4 aromatic rings. The van der Waals surface area contributed by atoms with E-state index in [1.165, 1.54) is 5.56 Å². The van der Waals surface area contributed by atoms with E-state index >= 15 is 0 Å². The van der Waals surface area contributed by atoms with E-state index in [0.29, 0.717) is 0 Å². The first-order valence-corrected chi connectivity index (χ1v) is 13.1. The Morgan fingerprint density at radius 3 is 2.63 bits per heavy atom. The van der Waals surface area contributed by atoms with Gasteiger partial charge in [0.25, 0.3) is 0 Å². The van der Waals surface area contributed by atoms with Crippen molar-refractivity contribution in [1.82, 2.24) is 24.6 Å². The van der Waals surface area contributed by atoms with Crippen molar-refractivity contribution in [3.63, 3.8) is 0 Å². The van der Waals surface area contributed by atoms with Crippen LogP contribution < -0.4 is 0 Å². The maximum Gasteiger partial charge on any atom is 0.191 e. The Labute approximate surface area is 220 Å². The standard InChI is InChI=1S/C29H31FN6O2/c1-19-13-35(18-31-19)25-9-4-20(24-12-32-38-26(24)25)10-21-11-29(16-37-17-29)15-36-27(21)33-34(3)14-28(36,2)22-5-7-23(30)8-6-22/h4-9,12-13,18,21H,10-11,14-17H2,1-3H3. The number of amidine groups is 1. The molecule has 1 spiro atoms. The molecule has 2 saturated heterocycles. The number of benzene rings is 2. The van der Waals surface area contributed by atoms with Crippen LogP contribution in [0.3, 0.4) is 0 Å². The number of piperidine rings is 1. The normalized spacial score (nSPS) is 24.4. The van der Waals surface area contributed by atoms with Crippen molar-refractivity contribution in [2.75, 3.05) is 33.4 Å². The summed E-state index contributed by atoms with van der Waals surface area (Å²) in [4.78, 5) is 6.85. The predicted octanol–water partition coefficient (Wildman–Crippen LogP) is 4.52. The second kappa shape index (κ2) is 8.39. The van der Waals surface area contributed by atoms with Gasteiger partial charge in [-0.15, -0.1) is 0 Å². The third-order valence-electron chi connectivity index (χ3n) is 8.55. The van der Waals surface area contributed by atoms with Gasteiger partial charge in [-0.2, -0.15) is 5.10 Å².